The molecule has 17 heavy (non-hydrogen) atoms. The first-order valence-corrected chi connectivity index (χ1v) is 6.33. The van der Waals surface area contributed by atoms with Gasteiger partial charge in [0.1, 0.15) is 0 Å². The summed E-state index contributed by atoms with van der Waals surface area (Å²) >= 11 is 0. The minimum Gasteiger partial charge on any atom is -0.379 e. The zero-order valence-corrected chi connectivity index (χ0v) is 10.6. The first kappa shape index (κ1) is 12.5. The van der Waals surface area contributed by atoms with E-state index in [0.29, 0.717) is 0 Å². The Kier molecular flexibility index (Phi) is 4.97. The summed E-state index contributed by atoms with van der Waals surface area (Å²) in [6.45, 7) is 7.10. The van der Waals surface area contributed by atoms with Crippen LogP contribution in [0.15, 0.2) is 12.4 Å². The van der Waals surface area contributed by atoms with Gasteiger partial charge in [0.25, 0.3) is 0 Å². The minimum absolute atomic E-state index is 0.892. The highest BCUT2D eigenvalue weighted by atomic mass is 16.5. The van der Waals surface area contributed by atoms with Gasteiger partial charge in [-0.15, -0.1) is 0 Å². The molecule has 0 atom stereocenters. The van der Waals surface area contributed by atoms with E-state index in [-0.39, 0.29) is 0 Å². The van der Waals surface area contributed by atoms with Gasteiger partial charge in [-0.2, -0.15) is 5.10 Å². The molecule has 1 aliphatic rings. The van der Waals surface area contributed by atoms with Crippen LogP contribution in [0.4, 0.5) is 0 Å². The van der Waals surface area contributed by atoms with E-state index in [1.165, 1.54) is 18.5 Å². The SMILES string of the molecule is Cn1cc(CNCCCN2CCOCC2)cn1. The number of rotatable bonds is 6. The average Bonchev–Trinajstić information content (AvgIpc) is 2.76. The fraction of sp³-hybridized carbons (Fsp3) is 0.750. The van der Waals surface area contributed by atoms with Crippen LogP contribution in [0.1, 0.15) is 12.0 Å². The Morgan fingerprint density at radius 2 is 2.24 bits per heavy atom. The quantitative estimate of drug-likeness (QED) is 0.721. The Balaban J connectivity index is 1.51. The van der Waals surface area contributed by atoms with Crippen molar-refractivity contribution >= 4 is 0 Å². The molecule has 0 amide bonds. The lowest BCUT2D eigenvalue weighted by Gasteiger charge is -2.26. The van der Waals surface area contributed by atoms with E-state index in [9.17, 15) is 0 Å². The number of aryl methyl sites for hydroxylation is 1. The average molecular weight is 238 g/mol. The lowest BCUT2D eigenvalue weighted by Crippen LogP contribution is -2.37. The van der Waals surface area contributed by atoms with Crippen LogP contribution in [-0.4, -0.2) is 54.1 Å². The van der Waals surface area contributed by atoms with Crippen LogP contribution in [-0.2, 0) is 18.3 Å². The van der Waals surface area contributed by atoms with Crippen molar-refractivity contribution in [2.24, 2.45) is 7.05 Å². The van der Waals surface area contributed by atoms with Crippen LogP contribution in [0.5, 0.6) is 0 Å². The van der Waals surface area contributed by atoms with Crippen molar-refractivity contribution in [3.63, 3.8) is 0 Å². The summed E-state index contributed by atoms with van der Waals surface area (Å²) in [4.78, 5) is 2.47. The van der Waals surface area contributed by atoms with Gasteiger partial charge < -0.3 is 10.1 Å². The number of hydrogen-bond acceptors (Lipinski definition) is 4. The van der Waals surface area contributed by atoms with Crippen LogP contribution in [0.2, 0.25) is 0 Å². The van der Waals surface area contributed by atoms with Gasteiger partial charge in [-0.05, 0) is 19.5 Å². The van der Waals surface area contributed by atoms with E-state index in [4.69, 9.17) is 4.74 Å². The molecule has 1 N–H and O–H groups in total. The molecule has 0 radical (unpaired) electrons. The Morgan fingerprint density at radius 3 is 2.94 bits per heavy atom. The first-order valence-electron chi connectivity index (χ1n) is 6.33. The van der Waals surface area contributed by atoms with Crippen molar-refractivity contribution in [3.8, 4) is 0 Å². The van der Waals surface area contributed by atoms with Crippen LogP contribution < -0.4 is 5.32 Å². The van der Waals surface area contributed by atoms with Gasteiger partial charge in [0, 0.05) is 38.4 Å². The molecular weight excluding hydrogens is 216 g/mol. The zero-order chi connectivity index (χ0) is 11.9. The van der Waals surface area contributed by atoms with Crippen molar-refractivity contribution in [2.45, 2.75) is 13.0 Å². The molecule has 0 aromatic carbocycles. The van der Waals surface area contributed by atoms with E-state index in [2.05, 4.69) is 21.5 Å². The van der Waals surface area contributed by atoms with E-state index < -0.39 is 0 Å². The Morgan fingerprint density at radius 1 is 1.41 bits per heavy atom. The summed E-state index contributed by atoms with van der Waals surface area (Å²) in [5.41, 5.74) is 1.25. The fourth-order valence-corrected chi connectivity index (χ4v) is 2.05. The Hall–Kier alpha value is -0.910. The molecule has 0 bridgehead atoms. The number of aromatic nitrogens is 2. The molecule has 1 fully saturated rings. The van der Waals surface area contributed by atoms with Gasteiger partial charge in [-0.25, -0.2) is 0 Å². The molecule has 1 aromatic rings. The maximum Gasteiger partial charge on any atom is 0.0594 e. The molecule has 0 unspecified atom stereocenters. The molecule has 5 nitrogen and oxygen atoms in total. The van der Waals surface area contributed by atoms with E-state index in [1.54, 1.807) is 0 Å². The van der Waals surface area contributed by atoms with Crippen molar-refractivity contribution in [2.75, 3.05) is 39.4 Å². The predicted molar refractivity (Wildman–Crippen MR) is 66.8 cm³/mol. The zero-order valence-electron chi connectivity index (χ0n) is 10.6. The maximum absolute atomic E-state index is 5.32. The molecule has 1 aromatic heterocycles. The second-order valence-electron chi connectivity index (χ2n) is 4.51. The van der Waals surface area contributed by atoms with Crippen molar-refractivity contribution in [1.29, 1.82) is 0 Å². The number of hydrogen-bond donors (Lipinski definition) is 1. The van der Waals surface area contributed by atoms with E-state index in [1.807, 2.05) is 17.9 Å². The molecule has 2 heterocycles. The predicted octanol–water partition coefficient (Wildman–Crippen LogP) is 0.232. The van der Waals surface area contributed by atoms with Gasteiger partial charge >= 0.3 is 0 Å². The monoisotopic (exact) mass is 238 g/mol. The molecule has 5 heteroatoms. The largest absolute Gasteiger partial charge is 0.379 e. The van der Waals surface area contributed by atoms with E-state index >= 15 is 0 Å². The van der Waals surface area contributed by atoms with Gasteiger partial charge in [0.2, 0.25) is 0 Å². The summed E-state index contributed by atoms with van der Waals surface area (Å²) in [6.07, 6.45) is 5.16. The van der Waals surface area contributed by atoms with Crippen molar-refractivity contribution in [1.82, 2.24) is 20.0 Å². The van der Waals surface area contributed by atoms with Gasteiger partial charge in [0.15, 0.2) is 0 Å². The Labute approximate surface area is 103 Å². The number of ether oxygens (including phenoxy) is 1. The maximum atomic E-state index is 5.32. The van der Waals surface area contributed by atoms with Crippen LogP contribution in [0.25, 0.3) is 0 Å². The summed E-state index contributed by atoms with van der Waals surface area (Å²) in [5, 5.41) is 7.59. The molecule has 0 saturated carbocycles. The summed E-state index contributed by atoms with van der Waals surface area (Å²) in [7, 11) is 1.95. The van der Waals surface area contributed by atoms with Gasteiger partial charge in [0.05, 0.1) is 19.4 Å². The molecule has 1 saturated heterocycles. The molecule has 2 rings (SSSR count). The standard InChI is InChI=1S/C12H22N4O/c1-15-11-12(10-14-15)9-13-3-2-4-16-5-7-17-8-6-16/h10-11,13H,2-9H2,1H3. The number of morpholine rings is 1. The lowest BCUT2D eigenvalue weighted by atomic mass is 10.3. The summed E-state index contributed by atoms with van der Waals surface area (Å²) in [6, 6.07) is 0. The van der Waals surface area contributed by atoms with Crippen LogP contribution >= 0.6 is 0 Å². The molecular formula is C12H22N4O. The number of nitrogens with zero attached hydrogens (tertiary/aromatic N) is 3. The third-order valence-corrected chi connectivity index (χ3v) is 3.02. The van der Waals surface area contributed by atoms with E-state index in [0.717, 1.165) is 39.4 Å². The highest BCUT2D eigenvalue weighted by molar-refractivity contribution is 5.02. The second-order valence-corrected chi connectivity index (χ2v) is 4.51. The highest BCUT2D eigenvalue weighted by Crippen LogP contribution is 1.98. The first-order chi connectivity index (χ1) is 8.34. The fourth-order valence-electron chi connectivity index (χ4n) is 2.05. The summed E-state index contributed by atoms with van der Waals surface area (Å²) in [5.74, 6) is 0. The Bertz CT molecular complexity index is 320. The van der Waals surface area contributed by atoms with Gasteiger partial charge in [-0.1, -0.05) is 0 Å². The third kappa shape index (κ3) is 4.46. The van der Waals surface area contributed by atoms with Crippen LogP contribution in [0.3, 0.4) is 0 Å². The van der Waals surface area contributed by atoms with Crippen molar-refractivity contribution in [3.05, 3.63) is 18.0 Å². The molecule has 96 valence electrons. The smallest absolute Gasteiger partial charge is 0.0594 e. The van der Waals surface area contributed by atoms with Crippen LogP contribution in [0, 0.1) is 0 Å². The number of nitrogens with one attached hydrogen (secondary N) is 1. The lowest BCUT2D eigenvalue weighted by molar-refractivity contribution is 0.0374. The second kappa shape index (κ2) is 6.74. The minimum atomic E-state index is 0.892. The van der Waals surface area contributed by atoms with Crippen molar-refractivity contribution < 1.29 is 4.74 Å². The normalized spacial score (nSPS) is 17.5. The van der Waals surface area contributed by atoms with Gasteiger partial charge in [-0.3, -0.25) is 9.58 Å². The summed E-state index contributed by atoms with van der Waals surface area (Å²) < 4.78 is 7.16. The molecule has 0 spiro atoms. The topological polar surface area (TPSA) is 42.3 Å². The molecule has 0 aliphatic carbocycles. The highest BCUT2D eigenvalue weighted by Gasteiger charge is 2.08. The molecule has 1 aliphatic heterocycles. The third-order valence-electron chi connectivity index (χ3n) is 3.02.